The predicted octanol–water partition coefficient (Wildman–Crippen LogP) is 3.61. The first-order chi connectivity index (χ1) is 12.0. The maximum atomic E-state index is 12.7. The van der Waals surface area contributed by atoms with Crippen LogP contribution in [0.5, 0.6) is 11.5 Å². The van der Waals surface area contributed by atoms with Crippen LogP contribution in [0.2, 0.25) is 0 Å². The molecule has 0 spiro atoms. The minimum absolute atomic E-state index is 0.0263. The quantitative estimate of drug-likeness (QED) is 0.784. The first kappa shape index (κ1) is 15.8. The molecule has 5 heteroatoms. The van der Waals surface area contributed by atoms with E-state index in [1.165, 1.54) is 5.56 Å². The molecule has 3 heterocycles. The molecule has 0 radical (unpaired) electrons. The van der Waals surface area contributed by atoms with Crippen LogP contribution < -0.4 is 9.47 Å². The van der Waals surface area contributed by atoms with Crippen molar-refractivity contribution in [2.24, 2.45) is 0 Å². The van der Waals surface area contributed by atoms with Gasteiger partial charge in [0.15, 0.2) is 5.76 Å². The number of allylic oxidation sites excluding steroid dienone is 2. The van der Waals surface area contributed by atoms with Gasteiger partial charge in [0.2, 0.25) is 5.78 Å². The Bertz CT molecular complexity index is 884. The number of pyridine rings is 1. The molecule has 128 valence electrons. The third-order valence-electron chi connectivity index (χ3n) is 4.57. The van der Waals surface area contributed by atoms with E-state index in [9.17, 15) is 4.79 Å². The average molecular weight is 336 g/mol. The number of ketones is 1. The molecule has 0 amide bonds. The minimum atomic E-state index is -0.0263. The average Bonchev–Trinajstić information content (AvgIpc) is 2.95. The number of aromatic nitrogens is 1. The molecule has 1 aromatic heterocycles. The highest BCUT2D eigenvalue weighted by atomic mass is 16.5. The number of benzene rings is 1. The summed E-state index contributed by atoms with van der Waals surface area (Å²) < 4.78 is 11.9. The summed E-state index contributed by atoms with van der Waals surface area (Å²) in [5.74, 6) is 1.89. The van der Waals surface area contributed by atoms with Crippen molar-refractivity contribution in [2.45, 2.75) is 33.9 Å². The van der Waals surface area contributed by atoms with E-state index in [4.69, 9.17) is 9.47 Å². The van der Waals surface area contributed by atoms with Gasteiger partial charge in [0.05, 0.1) is 11.1 Å². The number of nitrogens with zero attached hydrogens (tertiary/aromatic N) is 2. The standard InChI is InChI=1S/C20H20N2O3/c1-12(2)19-18(23)17-13(3)8-16-15(20(17)25-19)10-22(11-24-16)9-14-4-6-21-7-5-14/h4-8H,9-11H2,1-3H3. The van der Waals surface area contributed by atoms with Gasteiger partial charge in [-0.25, -0.2) is 0 Å². The second-order valence-corrected chi connectivity index (χ2v) is 6.75. The molecule has 4 rings (SSSR count). The second-order valence-electron chi connectivity index (χ2n) is 6.75. The molecular formula is C20H20N2O3. The van der Waals surface area contributed by atoms with Crippen molar-refractivity contribution < 1.29 is 14.3 Å². The van der Waals surface area contributed by atoms with E-state index in [2.05, 4.69) is 9.88 Å². The molecule has 0 fully saturated rings. The van der Waals surface area contributed by atoms with Gasteiger partial charge < -0.3 is 9.47 Å². The van der Waals surface area contributed by atoms with Crippen LogP contribution in [-0.2, 0) is 13.1 Å². The lowest BCUT2D eigenvalue weighted by Crippen LogP contribution is -2.31. The van der Waals surface area contributed by atoms with Crippen molar-refractivity contribution in [1.82, 2.24) is 9.88 Å². The summed E-state index contributed by atoms with van der Waals surface area (Å²) in [5.41, 5.74) is 4.58. The van der Waals surface area contributed by atoms with E-state index in [-0.39, 0.29) is 5.78 Å². The zero-order valence-electron chi connectivity index (χ0n) is 14.6. The van der Waals surface area contributed by atoms with Gasteiger partial charge in [-0.15, -0.1) is 0 Å². The topological polar surface area (TPSA) is 51.7 Å². The Hall–Kier alpha value is -2.66. The fourth-order valence-corrected chi connectivity index (χ4v) is 3.34. The van der Waals surface area contributed by atoms with Crippen LogP contribution in [0.3, 0.4) is 0 Å². The van der Waals surface area contributed by atoms with Gasteiger partial charge in [0.25, 0.3) is 0 Å². The Labute approximate surface area is 146 Å². The Balaban J connectivity index is 1.69. The Morgan fingerprint density at radius 1 is 1.28 bits per heavy atom. The van der Waals surface area contributed by atoms with Crippen molar-refractivity contribution in [3.05, 3.63) is 64.2 Å². The van der Waals surface area contributed by atoms with Gasteiger partial charge in [-0.3, -0.25) is 14.7 Å². The van der Waals surface area contributed by atoms with Crippen LogP contribution in [0.1, 0.15) is 40.9 Å². The highest BCUT2D eigenvalue weighted by Crippen LogP contribution is 2.44. The van der Waals surface area contributed by atoms with Gasteiger partial charge in [-0.2, -0.15) is 0 Å². The maximum Gasteiger partial charge on any atom is 0.232 e. The van der Waals surface area contributed by atoms with Gasteiger partial charge in [0.1, 0.15) is 18.2 Å². The van der Waals surface area contributed by atoms with Gasteiger partial charge in [0, 0.05) is 25.5 Å². The summed E-state index contributed by atoms with van der Waals surface area (Å²) in [6.45, 7) is 7.68. The summed E-state index contributed by atoms with van der Waals surface area (Å²) in [4.78, 5) is 18.9. The molecular weight excluding hydrogens is 316 g/mol. The fraction of sp³-hybridized carbons (Fsp3) is 0.300. The molecule has 25 heavy (non-hydrogen) atoms. The monoisotopic (exact) mass is 336 g/mol. The largest absolute Gasteiger partial charge is 0.478 e. The molecule has 1 aromatic carbocycles. The first-order valence-corrected chi connectivity index (χ1v) is 8.35. The van der Waals surface area contributed by atoms with Gasteiger partial charge in [-0.1, -0.05) is 0 Å². The molecule has 0 atom stereocenters. The number of ether oxygens (including phenoxy) is 2. The number of carbonyl (C=O) groups excluding carboxylic acids is 1. The number of fused-ring (bicyclic) bond motifs is 3. The Kier molecular flexibility index (Phi) is 3.81. The molecule has 0 bridgehead atoms. The Morgan fingerprint density at radius 3 is 2.76 bits per heavy atom. The van der Waals surface area contributed by atoms with Gasteiger partial charge >= 0.3 is 0 Å². The molecule has 0 unspecified atom stereocenters. The Morgan fingerprint density at radius 2 is 2.04 bits per heavy atom. The van der Waals surface area contributed by atoms with Crippen LogP contribution >= 0.6 is 0 Å². The molecule has 2 aliphatic heterocycles. The number of hydrogen-bond donors (Lipinski definition) is 0. The first-order valence-electron chi connectivity index (χ1n) is 8.35. The molecule has 0 aliphatic carbocycles. The van der Waals surface area contributed by atoms with E-state index >= 15 is 0 Å². The second kappa shape index (κ2) is 6.01. The maximum absolute atomic E-state index is 12.7. The van der Waals surface area contributed by atoms with Crippen LogP contribution in [0.25, 0.3) is 0 Å². The summed E-state index contributed by atoms with van der Waals surface area (Å²) in [5, 5.41) is 0. The molecule has 0 saturated carbocycles. The number of Topliss-reactive ketones (excluding diaryl/α,β-unsaturated/α-hetero) is 1. The highest BCUT2D eigenvalue weighted by Gasteiger charge is 2.35. The van der Waals surface area contributed by atoms with Crippen LogP contribution in [-0.4, -0.2) is 22.4 Å². The van der Waals surface area contributed by atoms with E-state index < -0.39 is 0 Å². The molecule has 0 N–H and O–H groups in total. The SMILES string of the molecule is CC(C)=C1Oc2c3c(cc(C)c2C1=O)OCN(Cc1ccncc1)C3. The van der Waals surface area contributed by atoms with Crippen molar-refractivity contribution in [3.8, 4) is 11.5 Å². The van der Waals surface area contributed by atoms with Crippen LogP contribution in [0.4, 0.5) is 0 Å². The zero-order chi connectivity index (χ0) is 17.6. The van der Waals surface area contributed by atoms with Crippen LogP contribution in [0, 0.1) is 6.92 Å². The molecule has 0 saturated heterocycles. The summed E-state index contributed by atoms with van der Waals surface area (Å²) in [7, 11) is 0. The number of hydrogen-bond acceptors (Lipinski definition) is 5. The normalized spacial score (nSPS) is 16.1. The van der Waals surface area contributed by atoms with E-state index in [0.29, 0.717) is 30.3 Å². The van der Waals surface area contributed by atoms with E-state index in [1.54, 1.807) is 12.4 Å². The lowest BCUT2D eigenvalue weighted by atomic mass is 9.98. The third-order valence-corrected chi connectivity index (χ3v) is 4.57. The highest BCUT2D eigenvalue weighted by molar-refractivity contribution is 6.14. The van der Waals surface area contributed by atoms with E-state index in [0.717, 1.165) is 29.0 Å². The number of rotatable bonds is 2. The summed E-state index contributed by atoms with van der Waals surface area (Å²) >= 11 is 0. The lowest BCUT2D eigenvalue weighted by molar-refractivity contribution is 0.0871. The van der Waals surface area contributed by atoms with E-state index in [1.807, 2.05) is 39.0 Å². The third kappa shape index (κ3) is 2.70. The van der Waals surface area contributed by atoms with Crippen molar-refractivity contribution in [1.29, 1.82) is 0 Å². The lowest BCUT2D eigenvalue weighted by Gasteiger charge is -2.30. The smallest absolute Gasteiger partial charge is 0.232 e. The summed E-state index contributed by atoms with van der Waals surface area (Å²) in [6, 6.07) is 5.94. The minimum Gasteiger partial charge on any atom is -0.478 e. The summed E-state index contributed by atoms with van der Waals surface area (Å²) in [6.07, 6.45) is 3.58. The molecule has 2 aliphatic rings. The van der Waals surface area contributed by atoms with Gasteiger partial charge in [-0.05, 0) is 55.7 Å². The predicted molar refractivity (Wildman–Crippen MR) is 93.5 cm³/mol. The molecule has 2 aromatic rings. The van der Waals surface area contributed by atoms with Crippen molar-refractivity contribution >= 4 is 5.78 Å². The van der Waals surface area contributed by atoms with Crippen molar-refractivity contribution in [2.75, 3.05) is 6.73 Å². The number of carbonyl (C=O) groups is 1. The van der Waals surface area contributed by atoms with Crippen molar-refractivity contribution in [3.63, 3.8) is 0 Å². The zero-order valence-corrected chi connectivity index (χ0v) is 14.6. The molecule has 5 nitrogen and oxygen atoms in total. The fourth-order valence-electron chi connectivity index (χ4n) is 3.34. The van der Waals surface area contributed by atoms with Crippen LogP contribution in [0.15, 0.2) is 41.9 Å². The number of aryl methyl sites for hydroxylation is 1.